The Kier molecular flexibility index (Phi) is 3.60. The van der Waals surface area contributed by atoms with Gasteiger partial charge in [0, 0.05) is 24.7 Å². The van der Waals surface area contributed by atoms with Gasteiger partial charge < -0.3 is 9.80 Å². The maximum absolute atomic E-state index is 12.8. The minimum atomic E-state index is -0.0380. The number of carbonyl (C=O) groups excluding carboxylic acids is 2. The molecule has 2 aliphatic rings. The van der Waals surface area contributed by atoms with Crippen molar-refractivity contribution >= 4 is 11.8 Å². The highest BCUT2D eigenvalue weighted by atomic mass is 16.2. The van der Waals surface area contributed by atoms with Gasteiger partial charge in [0.15, 0.2) is 0 Å². The van der Waals surface area contributed by atoms with E-state index < -0.39 is 0 Å². The second-order valence-corrected chi connectivity index (χ2v) is 6.66. The Hall–Kier alpha value is -2.62. The van der Waals surface area contributed by atoms with Gasteiger partial charge in [-0.3, -0.25) is 9.59 Å². The molecule has 4 heteroatoms. The third-order valence-corrected chi connectivity index (χ3v) is 5.05. The van der Waals surface area contributed by atoms with Crippen LogP contribution in [0.4, 0.5) is 0 Å². The van der Waals surface area contributed by atoms with Gasteiger partial charge >= 0.3 is 0 Å². The number of carbonyl (C=O) groups is 2. The predicted octanol–water partition coefficient (Wildman–Crippen LogP) is 2.62. The molecule has 0 spiro atoms. The van der Waals surface area contributed by atoms with Crippen molar-refractivity contribution in [1.82, 2.24) is 9.80 Å². The molecular formula is C20H20N2O2. The summed E-state index contributed by atoms with van der Waals surface area (Å²) in [5.41, 5.74) is 4.26. The number of nitrogens with zero attached hydrogens (tertiary/aromatic N) is 2. The molecule has 1 unspecified atom stereocenters. The van der Waals surface area contributed by atoms with Crippen molar-refractivity contribution in [3.8, 4) is 0 Å². The van der Waals surface area contributed by atoms with Crippen LogP contribution in [0.1, 0.15) is 34.0 Å². The number of amides is 2. The molecule has 4 nitrogen and oxygen atoms in total. The Balaban J connectivity index is 1.49. The molecule has 0 radical (unpaired) electrons. The van der Waals surface area contributed by atoms with Gasteiger partial charge in [-0.1, -0.05) is 42.5 Å². The fourth-order valence-electron chi connectivity index (χ4n) is 3.71. The van der Waals surface area contributed by atoms with E-state index >= 15 is 0 Å². The van der Waals surface area contributed by atoms with Gasteiger partial charge in [0.05, 0.1) is 0 Å². The van der Waals surface area contributed by atoms with E-state index in [1.807, 2.05) is 41.3 Å². The van der Waals surface area contributed by atoms with Crippen molar-refractivity contribution in [2.24, 2.45) is 0 Å². The van der Waals surface area contributed by atoms with Crippen molar-refractivity contribution in [1.29, 1.82) is 0 Å². The van der Waals surface area contributed by atoms with E-state index in [2.05, 4.69) is 19.1 Å². The average Bonchev–Trinajstić information content (AvgIpc) is 2.90. The number of hydrogen-bond donors (Lipinski definition) is 0. The molecule has 2 aromatic carbocycles. The van der Waals surface area contributed by atoms with E-state index in [-0.39, 0.29) is 24.4 Å². The third-order valence-electron chi connectivity index (χ3n) is 5.05. The monoisotopic (exact) mass is 320 g/mol. The quantitative estimate of drug-likeness (QED) is 0.853. The SMILES string of the molecule is CC1Cc2ccccc2CN1C(=O)CN1Cc2ccccc2C1=O. The van der Waals surface area contributed by atoms with E-state index in [1.54, 1.807) is 4.90 Å². The summed E-state index contributed by atoms with van der Waals surface area (Å²) < 4.78 is 0. The molecule has 0 saturated carbocycles. The fraction of sp³-hybridized carbons (Fsp3) is 0.300. The molecule has 0 bridgehead atoms. The van der Waals surface area contributed by atoms with Crippen LogP contribution in [0, 0.1) is 0 Å². The Morgan fingerprint density at radius 1 is 1.00 bits per heavy atom. The van der Waals surface area contributed by atoms with Crippen LogP contribution in [0.2, 0.25) is 0 Å². The summed E-state index contributed by atoms with van der Waals surface area (Å²) in [6, 6.07) is 16.0. The lowest BCUT2D eigenvalue weighted by molar-refractivity contribution is -0.135. The summed E-state index contributed by atoms with van der Waals surface area (Å²) >= 11 is 0. The first-order valence-electron chi connectivity index (χ1n) is 8.37. The summed E-state index contributed by atoms with van der Waals surface area (Å²) in [4.78, 5) is 28.8. The summed E-state index contributed by atoms with van der Waals surface area (Å²) in [5, 5.41) is 0. The number of rotatable bonds is 2. The first kappa shape index (κ1) is 14.9. The number of fused-ring (bicyclic) bond motifs is 2. The topological polar surface area (TPSA) is 40.6 Å². The molecule has 2 heterocycles. The Morgan fingerprint density at radius 2 is 1.67 bits per heavy atom. The number of hydrogen-bond acceptors (Lipinski definition) is 2. The van der Waals surface area contributed by atoms with Crippen LogP contribution in [0.5, 0.6) is 0 Å². The Labute approximate surface area is 141 Å². The zero-order valence-electron chi connectivity index (χ0n) is 13.7. The molecule has 0 aromatic heterocycles. The minimum absolute atomic E-state index is 0.0261. The molecule has 0 N–H and O–H groups in total. The van der Waals surface area contributed by atoms with Crippen molar-refractivity contribution in [2.75, 3.05) is 6.54 Å². The van der Waals surface area contributed by atoms with E-state index in [1.165, 1.54) is 11.1 Å². The van der Waals surface area contributed by atoms with Crippen LogP contribution in [0.3, 0.4) is 0 Å². The molecule has 0 fully saturated rings. The molecule has 2 amide bonds. The van der Waals surface area contributed by atoms with Crippen LogP contribution in [0.25, 0.3) is 0 Å². The van der Waals surface area contributed by atoms with Crippen molar-refractivity contribution < 1.29 is 9.59 Å². The molecular weight excluding hydrogens is 300 g/mol. The highest BCUT2D eigenvalue weighted by molar-refractivity contribution is 6.00. The van der Waals surface area contributed by atoms with Crippen molar-refractivity contribution in [3.05, 3.63) is 70.8 Å². The highest BCUT2D eigenvalue weighted by Gasteiger charge is 2.32. The van der Waals surface area contributed by atoms with Gasteiger partial charge in [-0.15, -0.1) is 0 Å². The van der Waals surface area contributed by atoms with E-state index in [0.29, 0.717) is 13.1 Å². The van der Waals surface area contributed by atoms with E-state index in [4.69, 9.17) is 0 Å². The van der Waals surface area contributed by atoms with Gasteiger partial charge in [0.1, 0.15) is 6.54 Å². The first-order valence-corrected chi connectivity index (χ1v) is 8.37. The second-order valence-electron chi connectivity index (χ2n) is 6.66. The van der Waals surface area contributed by atoms with Crippen LogP contribution in [0.15, 0.2) is 48.5 Å². The predicted molar refractivity (Wildman–Crippen MR) is 91.3 cm³/mol. The lowest BCUT2D eigenvalue weighted by Crippen LogP contribution is -2.47. The molecule has 122 valence electrons. The highest BCUT2D eigenvalue weighted by Crippen LogP contribution is 2.25. The zero-order valence-corrected chi connectivity index (χ0v) is 13.7. The van der Waals surface area contributed by atoms with E-state index in [0.717, 1.165) is 17.5 Å². The van der Waals surface area contributed by atoms with E-state index in [9.17, 15) is 9.59 Å². The lowest BCUT2D eigenvalue weighted by Gasteiger charge is -2.35. The summed E-state index contributed by atoms with van der Waals surface area (Å²) in [5.74, 6) is -0.0119. The van der Waals surface area contributed by atoms with Crippen LogP contribution >= 0.6 is 0 Å². The average molecular weight is 320 g/mol. The Morgan fingerprint density at radius 3 is 2.42 bits per heavy atom. The standard InChI is InChI=1S/C20H20N2O2/c1-14-10-15-6-2-3-7-16(15)12-22(14)19(23)13-21-11-17-8-4-5-9-18(17)20(21)24/h2-9,14H,10-13H2,1H3. The first-order chi connectivity index (χ1) is 11.6. The Bertz CT molecular complexity index is 815. The lowest BCUT2D eigenvalue weighted by atomic mass is 9.95. The summed E-state index contributed by atoms with van der Waals surface area (Å²) in [6.07, 6.45) is 0.871. The smallest absolute Gasteiger partial charge is 0.254 e. The fourth-order valence-corrected chi connectivity index (χ4v) is 3.71. The normalized spacial score (nSPS) is 19.2. The molecule has 24 heavy (non-hydrogen) atoms. The molecule has 4 rings (SSSR count). The zero-order chi connectivity index (χ0) is 16.7. The van der Waals surface area contributed by atoms with Gasteiger partial charge in [-0.05, 0) is 36.1 Å². The largest absolute Gasteiger partial charge is 0.334 e. The van der Waals surface area contributed by atoms with Crippen molar-refractivity contribution in [3.63, 3.8) is 0 Å². The second kappa shape index (κ2) is 5.78. The third kappa shape index (κ3) is 2.48. The van der Waals surface area contributed by atoms with Crippen LogP contribution in [-0.2, 0) is 24.3 Å². The molecule has 2 aliphatic heterocycles. The van der Waals surface area contributed by atoms with Crippen molar-refractivity contribution in [2.45, 2.75) is 32.5 Å². The maximum atomic E-state index is 12.8. The summed E-state index contributed by atoms with van der Waals surface area (Å²) in [6.45, 7) is 3.39. The van der Waals surface area contributed by atoms with Gasteiger partial charge in [0.25, 0.3) is 5.91 Å². The van der Waals surface area contributed by atoms with Gasteiger partial charge in [-0.2, -0.15) is 0 Å². The minimum Gasteiger partial charge on any atom is -0.334 e. The van der Waals surface area contributed by atoms with Crippen LogP contribution < -0.4 is 0 Å². The van der Waals surface area contributed by atoms with Gasteiger partial charge in [-0.25, -0.2) is 0 Å². The number of benzene rings is 2. The van der Waals surface area contributed by atoms with Gasteiger partial charge in [0.2, 0.25) is 5.91 Å². The maximum Gasteiger partial charge on any atom is 0.254 e. The molecule has 1 atom stereocenters. The van der Waals surface area contributed by atoms with Crippen LogP contribution in [-0.4, -0.2) is 34.2 Å². The molecule has 2 aromatic rings. The summed E-state index contributed by atoms with van der Waals surface area (Å²) in [7, 11) is 0. The molecule has 0 saturated heterocycles. The molecule has 0 aliphatic carbocycles.